The Bertz CT molecular complexity index is 1600. The average Bonchev–Trinajstić information content (AvgIpc) is 3.25. The van der Waals surface area contributed by atoms with Crippen molar-refractivity contribution in [2.75, 3.05) is 20.2 Å². The fourth-order valence-electron chi connectivity index (χ4n) is 3.91. The highest BCUT2D eigenvalue weighted by molar-refractivity contribution is 8.31. The lowest BCUT2D eigenvalue weighted by atomic mass is 10.1. The first-order valence-electron chi connectivity index (χ1n) is 9.89. The molecule has 2 aromatic heterocycles. The van der Waals surface area contributed by atoms with Crippen LogP contribution < -0.4 is 4.74 Å². The van der Waals surface area contributed by atoms with E-state index in [0.29, 0.717) is 21.4 Å². The molecule has 1 aliphatic rings. The molecule has 0 radical (unpaired) electrons. The van der Waals surface area contributed by atoms with Crippen LogP contribution in [0.2, 0.25) is 5.02 Å². The smallest absolute Gasteiger partial charge is 0.317 e. The Hall–Kier alpha value is -1.53. The number of thiophene rings is 1. The summed E-state index contributed by atoms with van der Waals surface area (Å²) in [5.74, 6) is 0.824. The molecule has 3 heterocycles. The van der Waals surface area contributed by atoms with Crippen LogP contribution in [0.1, 0.15) is 11.1 Å². The van der Waals surface area contributed by atoms with E-state index in [2.05, 4.69) is 26.3 Å². The van der Waals surface area contributed by atoms with E-state index in [1.165, 1.54) is 15.3 Å². The number of halogens is 3. The highest BCUT2D eigenvalue weighted by Crippen LogP contribution is 2.38. The van der Waals surface area contributed by atoms with Gasteiger partial charge in [0.15, 0.2) is 0 Å². The number of aromatic nitrogens is 1. The van der Waals surface area contributed by atoms with Crippen LogP contribution in [0.4, 0.5) is 0 Å². The standard InChI is InChI=1S/C21H19ClN2O3S2.Cl2O2S/c1-13-16-11-14(22)3-6-20(16)28-21(13)29(25,26)24-8-7-15-17-12-23(2)9-10-27-19(17)5-4-18(15)24;1-5(2,3)4/h3-8,11H,9-10,12H2,1-2H3;. The monoisotopic (exact) mass is 580 g/mol. The second-order valence-corrected chi connectivity index (χ2v) is 14.9. The zero-order valence-electron chi connectivity index (χ0n) is 18.0. The van der Waals surface area contributed by atoms with Gasteiger partial charge >= 0.3 is 8.26 Å². The Morgan fingerprint density at radius 3 is 2.44 bits per heavy atom. The molecule has 13 heteroatoms. The molecular weight excluding hydrogens is 563 g/mol. The van der Waals surface area contributed by atoms with Crippen molar-refractivity contribution in [2.45, 2.75) is 17.7 Å². The van der Waals surface area contributed by atoms with Crippen molar-refractivity contribution in [3.05, 3.63) is 58.7 Å². The summed E-state index contributed by atoms with van der Waals surface area (Å²) >= 11 is 7.40. The van der Waals surface area contributed by atoms with Crippen molar-refractivity contribution < 1.29 is 21.6 Å². The number of nitrogens with zero attached hydrogens (tertiary/aromatic N) is 2. The van der Waals surface area contributed by atoms with E-state index in [0.717, 1.165) is 45.4 Å². The molecule has 4 aromatic rings. The Balaban J connectivity index is 0.000000499. The molecule has 34 heavy (non-hydrogen) atoms. The van der Waals surface area contributed by atoms with Crippen molar-refractivity contribution >= 4 is 83.6 Å². The van der Waals surface area contributed by atoms with Crippen molar-refractivity contribution in [1.82, 2.24) is 8.87 Å². The first kappa shape index (κ1) is 25.6. The van der Waals surface area contributed by atoms with Gasteiger partial charge in [-0.2, -0.15) is 16.8 Å². The van der Waals surface area contributed by atoms with Gasteiger partial charge in [-0.25, -0.2) is 3.97 Å². The van der Waals surface area contributed by atoms with Gasteiger partial charge in [0.05, 0.1) is 5.52 Å². The second kappa shape index (κ2) is 9.50. The Morgan fingerprint density at radius 2 is 1.74 bits per heavy atom. The third-order valence-electron chi connectivity index (χ3n) is 5.41. The zero-order valence-corrected chi connectivity index (χ0v) is 22.7. The van der Waals surface area contributed by atoms with Crippen molar-refractivity contribution in [2.24, 2.45) is 0 Å². The molecule has 5 rings (SSSR count). The molecule has 182 valence electrons. The van der Waals surface area contributed by atoms with Crippen LogP contribution in [0.5, 0.6) is 5.75 Å². The summed E-state index contributed by atoms with van der Waals surface area (Å²) in [5.41, 5.74) is 2.42. The summed E-state index contributed by atoms with van der Waals surface area (Å²) in [6.45, 7) is 4.01. The van der Waals surface area contributed by atoms with E-state index in [1.54, 1.807) is 12.3 Å². The van der Waals surface area contributed by atoms with Gasteiger partial charge < -0.3 is 4.74 Å². The number of hydrogen-bond acceptors (Lipinski definition) is 7. The largest absolute Gasteiger partial charge is 0.492 e. The normalized spacial score (nSPS) is 14.9. The van der Waals surface area contributed by atoms with Gasteiger partial charge in [-0.15, -0.1) is 11.3 Å². The number of aryl methyl sites for hydroxylation is 1. The molecule has 0 fully saturated rings. The van der Waals surface area contributed by atoms with Gasteiger partial charge in [0.25, 0.3) is 10.0 Å². The SMILES string of the molecule is Cc1c(S(=O)(=O)n2ccc3c4c(ccc32)OCCN(C)C4)sc2ccc(Cl)cc12.O=S(=O)(Cl)Cl. The van der Waals surface area contributed by atoms with E-state index in [1.807, 2.05) is 44.3 Å². The number of hydrogen-bond donors (Lipinski definition) is 0. The predicted octanol–water partition coefficient (Wildman–Crippen LogP) is 5.59. The molecule has 0 bridgehead atoms. The van der Waals surface area contributed by atoms with Gasteiger partial charge in [-0.3, -0.25) is 4.90 Å². The van der Waals surface area contributed by atoms with Crippen LogP contribution in [-0.4, -0.2) is 45.9 Å². The maximum Gasteiger partial charge on any atom is 0.317 e. The van der Waals surface area contributed by atoms with Gasteiger partial charge in [0, 0.05) is 61.3 Å². The maximum absolute atomic E-state index is 13.6. The third-order valence-corrected chi connectivity index (χ3v) is 9.21. The average molecular weight is 582 g/mol. The lowest BCUT2D eigenvalue weighted by Crippen LogP contribution is -2.20. The summed E-state index contributed by atoms with van der Waals surface area (Å²) < 4.78 is 54.0. The van der Waals surface area contributed by atoms with Gasteiger partial charge in [-0.1, -0.05) is 11.6 Å². The first-order chi connectivity index (χ1) is 15.9. The summed E-state index contributed by atoms with van der Waals surface area (Å²) in [5, 5.41) is 2.38. The molecular formula is C21H19Cl3N2O5S3. The second-order valence-electron chi connectivity index (χ2n) is 7.71. The number of likely N-dealkylation sites (N-methyl/N-ethyl adjacent to an activating group) is 1. The minimum Gasteiger partial charge on any atom is -0.492 e. The van der Waals surface area contributed by atoms with Crippen LogP contribution in [-0.2, 0) is 24.8 Å². The van der Waals surface area contributed by atoms with Crippen LogP contribution in [0.15, 0.2) is 46.8 Å². The fourth-order valence-corrected chi connectivity index (χ4v) is 7.25. The van der Waals surface area contributed by atoms with E-state index >= 15 is 0 Å². The maximum atomic E-state index is 13.6. The van der Waals surface area contributed by atoms with Gasteiger partial charge in [0.1, 0.15) is 16.6 Å². The zero-order chi connectivity index (χ0) is 24.8. The van der Waals surface area contributed by atoms with E-state index in [-0.39, 0.29) is 0 Å². The van der Waals surface area contributed by atoms with Crippen LogP contribution in [0, 0.1) is 6.92 Å². The topological polar surface area (TPSA) is 85.7 Å². The lowest BCUT2D eigenvalue weighted by Gasteiger charge is -2.13. The minimum absolute atomic E-state index is 0.343. The van der Waals surface area contributed by atoms with E-state index < -0.39 is 18.3 Å². The molecule has 0 unspecified atom stereocenters. The third kappa shape index (κ3) is 5.18. The molecule has 0 saturated carbocycles. The van der Waals surface area contributed by atoms with E-state index in [9.17, 15) is 8.42 Å². The molecule has 0 saturated heterocycles. The Morgan fingerprint density at radius 1 is 1.03 bits per heavy atom. The number of ether oxygens (including phenoxy) is 1. The number of benzene rings is 2. The molecule has 0 aliphatic carbocycles. The fraction of sp³-hybridized carbons (Fsp3) is 0.238. The van der Waals surface area contributed by atoms with Crippen LogP contribution in [0.3, 0.4) is 0 Å². The number of rotatable bonds is 2. The van der Waals surface area contributed by atoms with E-state index in [4.69, 9.17) is 24.8 Å². The van der Waals surface area contributed by atoms with Crippen molar-refractivity contribution in [3.63, 3.8) is 0 Å². The molecule has 0 N–H and O–H groups in total. The summed E-state index contributed by atoms with van der Waals surface area (Å²) in [6.07, 6.45) is 1.64. The van der Waals surface area contributed by atoms with Crippen molar-refractivity contribution in [3.8, 4) is 5.75 Å². The molecule has 0 amide bonds. The molecule has 2 aromatic carbocycles. The quantitative estimate of drug-likeness (QED) is 0.287. The molecule has 0 spiro atoms. The summed E-state index contributed by atoms with van der Waals surface area (Å²) in [6, 6.07) is 11.1. The van der Waals surface area contributed by atoms with Crippen LogP contribution >= 0.6 is 44.3 Å². The molecule has 7 nitrogen and oxygen atoms in total. The predicted molar refractivity (Wildman–Crippen MR) is 139 cm³/mol. The Labute approximate surface area is 215 Å². The Kier molecular flexibility index (Phi) is 7.14. The minimum atomic E-state index is -3.74. The molecule has 1 aliphatic heterocycles. The lowest BCUT2D eigenvalue weighted by molar-refractivity contribution is 0.259. The highest BCUT2D eigenvalue weighted by atomic mass is 36.0. The molecule has 0 atom stereocenters. The van der Waals surface area contributed by atoms with Gasteiger partial charge in [-0.05, 0) is 61.3 Å². The summed E-state index contributed by atoms with van der Waals surface area (Å²) in [7, 11) is 3.11. The first-order valence-corrected chi connectivity index (χ1v) is 15.7. The number of fused-ring (bicyclic) bond motifs is 4. The summed E-state index contributed by atoms with van der Waals surface area (Å²) in [4.78, 5) is 2.18. The van der Waals surface area contributed by atoms with Crippen molar-refractivity contribution in [1.29, 1.82) is 0 Å². The van der Waals surface area contributed by atoms with Crippen LogP contribution in [0.25, 0.3) is 21.0 Å². The van der Waals surface area contributed by atoms with Gasteiger partial charge in [0.2, 0.25) is 0 Å². The highest BCUT2D eigenvalue weighted by Gasteiger charge is 2.26.